The van der Waals surface area contributed by atoms with Crippen LogP contribution in [0, 0.1) is 0 Å². The number of nitrogens with one attached hydrogen (secondary N) is 3. The highest BCUT2D eigenvalue weighted by Gasteiger charge is 2.03. The van der Waals surface area contributed by atoms with Crippen molar-refractivity contribution in [1.82, 2.24) is 15.5 Å². The van der Waals surface area contributed by atoms with Gasteiger partial charge in [0.25, 0.3) is 0 Å². The lowest BCUT2D eigenvalue weighted by atomic mass is 10.4. The average Bonchev–Trinajstić information content (AvgIpc) is 2.21. The van der Waals surface area contributed by atoms with Gasteiger partial charge in [0.05, 0.1) is 19.4 Å². The van der Waals surface area contributed by atoms with Gasteiger partial charge in [0.1, 0.15) is 0 Å². The molecule has 0 saturated heterocycles. The van der Waals surface area contributed by atoms with Crippen molar-refractivity contribution < 1.29 is 13.2 Å². The number of guanidine groups is 1. The van der Waals surface area contributed by atoms with Gasteiger partial charge in [-0.3, -0.25) is 10.4 Å². The minimum Gasteiger partial charge on any atom is -0.383 e. The molecule has 0 bridgehead atoms. The van der Waals surface area contributed by atoms with Crippen LogP contribution < -0.4 is 21.3 Å². The highest BCUT2D eigenvalue weighted by Crippen LogP contribution is 1.82. The van der Waals surface area contributed by atoms with E-state index < -0.39 is 10.0 Å². The molecule has 0 aliphatic carbocycles. The summed E-state index contributed by atoms with van der Waals surface area (Å²) in [7, 11) is -1.57. The summed E-state index contributed by atoms with van der Waals surface area (Å²) in [6, 6.07) is 0.0534. The van der Waals surface area contributed by atoms with Crippen LogP contribution in [0.1, 0.15) is 6.92 Å². The summed E-state index contributed by atoms with van der Waals surface area (Å²) in [5.74, 6) is 5.66. The molecule has 9 heteroatoms. The molecule has 0 saturated carbocycles. The van der Waals surface area contributed by atoms with E-state index in [1.165, 1.54) is 0 Å². The third-order valence-electron chi connectivity index (χ3n) is 1.68. The highest BCUT2D eigenvalue weighted by atomic mass is 32.2. The molecule has 17 heavy (non-hydrogen) atoms. The van der Waals surface area contributed by atoms with Gasteiger partial charge in [-0.1, -0.05) is 0 Å². The predicted molar refractivity (Wildman–Crippen MR) is 66.9 cm³/mol. The topological polar surface area (TPSA) is 118 Å². The summed E-state index contributed by atoms with van der Waals surface area (Å²) in [5, 5.41) is 2.98. The molecule has 0 radical (unpaired) electrons. The van der Waals surface area contributed by atoms with Gasteiger partial charge < -0.3 is 10.1 Å². The van der Waals surface area contributed by atoms with Crippen molar-refractivity contribution in [3.8, 4) is 0 Å². The Labute approximate surface area is 102 Å². The highest BCUT2D eigenvalue weighted by molar-refractivity contribution is 7.88. The molecule has 0 spiro atoms. The second-order valence-electron chi connectivity index (χ2n) is 3.54. The van der Waals surface area contributed by atoms with Gasteiger partial charge >= 0.3 is 0 Å². The molecule has 5 N–H and O–H groups in total. The van der Waals surface area contributed by atoms with Crippen molar-refractivity contribution >= 4 is 16.0 Å². The van der Waals surface area contributed by atoms with Gasteiger partial charge in [-0.15, -0.1) is 0 Å². The Balaban J connectivity index is 4.00. The van der Waals surface area contributed by atoms with E-state index >= 15 is 0 Å². The number of aliphatic imine (C=N–C) groups is 1. The average molecular weight is 267 g/mol. The quantitative estimate of drug-likeness (QED) is 0.139. The van der Waals surface area contributed by atoms with Crippen LogP contribution in [0.15, 0.2) is 4.99 Å². The summed E-state index contributed by atoms with van der Waals surface area (Å²) in [6.07, 6.45) is 1.09. The predicted octanol–water partition coefficient (Wildman–Crippen LogP) is -2.02. The molecule has 8 nitrogen and oxygen atoms in total. The van der Waals surface area contributed by atoms with Crippen LogP contribution in [0.3, 0.4) is 0 Å². The van der Waals surface area contributed by atoms with E-state index in [2.05, 4.69) is 20.5 Å². The summed E-state index contributed by atoms with van der Waals surface area (Å²) >= 11 is 0. The molecule has 0 fully saturated rings. The van der Waals surface area contributed by atoms with Crippen molar-refractivity contribution in [3.63, 3.8) is 0 Å². The molecule has 1 atom stereocenters. The van der Waals surface area contributed by atoms with Crippen molar-refractivity contribution in [2.75, 3.05) is 33.1 Å². The molecule has 0 aromatic heterocycles. The van der Waals surface area contributed by atoms with Crippen LogP contribution in [-0.2, 0) is 14.8 Å². The molecular weight excluding hydrogens is 246 g/mol. The zero-order chi connectivity index (χ0) is 13.3. The standard InChI is InChI=1S/C8H21N5O3S/c1-7(6-16-2)12-8(13-9)10-4-5-11-17(3,14)15/h7,11H,4-6,9H2,1-3H3,(H2,10,12,13). The van der Waals surface area contributed by atoms with E-state index in [9.17, 15) is 8.42 Å². The van der Waals surface area contributed by atoms with Gasteiger partial charge in [-0.2, -0.15) is 0 Å². The molecule has 0 aliphatic rings. The van der Waals surface area contributed by atoms with E-state index in [0.717, 1.165) is 6.26 Å². The third-order valence-corrected chi connectivity index (χ3v) is 2.41. The lowest BCUT2D eigenvalue weighted by molar-refractivity contribution is 0.179. The number of hydrogen-bond donors (Lipinski definition) is 4. The molecule has 0 aromatic rings. The second-order valence-corrected chi connectivity index (χ2v) is 5.37. The number of methoxy groups -OCH3 is 1. The van der Waals surface area contributed by atoms with E-state index in [1.807, 2.05) is 6.92 Å². The summed E-state index contributed by atoms with van der Waals surface area (Å²) in [6.45, 7) is 2.94. The molecule has 102 valence electrons. The van der Waals surface area contributed by atoms with Gasteiger partial charge in [0.15, 0.2) is 0 Å². The number of hydrazine groups is 1. The van der Waals surface area contributed by atoms with Crippen molar-refractivity contribution in [2.24, 2.45) is 10.8 Å². The van der Waals surface area contributed by atoms with E-state index in [0.29, 0.717) is 19.1 Å². The zero-order valence-electron chi connectivity index (χ0n) is 10.4. The Kier molecular flexibility index (Phi) is 7.79. The number of ether oxygens (including phenoxy) is 1. The number of nitrogens with zero attached hydrogens (tertiary/aromatic N) is 1. The Morgan fingerprint density at radius 3 is 2.65 bits per heavy atom. The van der Waals surface area contributed by atoms with Gasteiger partial charge in [0, 0.05) is 19.7 Å². The van der Waals surface area contributed by atoms with Crippen LogP contribution in [0.5, 0.6) is 0 Å². The van der Waals surface area contributed by atoms with Gasteiger partial charge in [0.2, 0.25) is 16.0 Å². The molecule has 0 heterocycles. The number of nitrogens with two attached hydrogens (primary N) is 1. The first-order chi connectivity index (χ1) is 7.89. The van der Waals surface area contributed by atoms with Crippen molar-refractivity contribution in [2.45, 2.75) is 13.0 Å². The number of sulfonamides is 1. The fraction of sp³-hybridized carbons (Fsp3) is 0.875. The second kappa shape index (κ2) is 8.23. The van der Waals surface area contributed by atoms with E-state index in [1.54, 1.807) is 7.11 Å². The first kappa shape index (κ1) is 16.1. The fourth-order valence-corrected chi connectivity index (χ4v) is 1.52. The Morgan fingerprint density at radius 1 is 1.53 bits per heavy atom. The minimum atomic E-state index is -3.17. The number of rotatable bonds is 7. The summed E-state index contributed by atoms with van der Waals surface area (Å²) in [5.41, 5.74) is 2.40. The van der Waals surface area contributed by atoms with E-state index in [4.69, 9.17) is 10.6 Å². The van der Waals surface area contributed by atoms with Crippen LogP contribution in [0.25, 0.3) is 0 Å². The molecule has 1 unspecified atom stereocenters. The summed E-state index contributed by atoms with van der Waals surface area (Å²) in [4.78, 5) is 4.05. The maximum absolute atomic E-state index is 10.8. The van der Waals surface area contributed by atoms with Crippen LogP contribution in [0.4, 0.5) is 0 Å². The monoisotopic (exact) mass is 267 g/mol. The maximum atomic E-state index is 10.8. The lowest BCUT2D eigenvalue weighted by Gasteiger charge is -2.15. The summed E-state index contributed by atoms with van der Waals surface area (Å²) < 4.78 is 28.8. The normalized spacial score (nSPS) is 14.5. The van der Waals surface area contributed by atoms with Crippen LogP contribution >= 0.6 is 0 Å². The maximum Gasteiger partial charge on any atom is 0.208 e. The SMILES string of the molecule is COCC(C)NC(=NCCNS(C)(=O)=O)NN. The molecule has 0 aromatic carbocycles. The smallest absolute Gasteiger partial charge is 0.208 e. The minimum absolute atomic E-state index is 0.0534. The van der Waals surface area contributed by atoms with Gasteiger partial charge in [-0.05, 0) is 6.92 Å². The molecule has 0 amide bonds. The molecular formula is C8H21N5O3S. The largest absolute Gasteiger partial charge is 0.383 e. The molecule has 0 aliphatic heterocycles. The Morgan fingerprint density at radius 2 is 2.18 bits per heavy atom. The van der Waals surface area contributed by atoms with Crippen molar-refractivity contribution in [1.29, 1.82) is 0 Å². The molecule has 0 rings (SSSR count). The third kappa shape index (κ3) is 10.00. The van der Waals surface area contributed by atoms with Gasteiger partial charge in [-0.25, -0.2) is 19.0 Å². The fourth-order valence-electron chi connectivity index (χ4n) is 1.06. The Hall–Kier alpha value is -0.900. The van der Waals surface area contributed by atoms with E-state index in [-0.39, 0.29) is 12.6 Å². The van der Waals surface area contributed by atoms with Crippen molar-refractivity contribution in [3.05, 3.63) is 0 Å². The lowest BCUT2D eigenvalue weighted by Crippen LogP contribution is -2.47. The first-order valence-corrected chi connectivity index (χ1v) is 6.99. The Bertz CT molecular complexity index is 330. The first-order valence-electron chi connectivity index (χ1n) is 5.10. The van der Waals surface area contributed by atoms with Crippen LogP contribution in [0.2, 0.25) is 0 Å². The zero-order valence-corrected chi connectivity index (χ0v) is 11.2. The van der Waals surface area contributed by atoms with Crippen LogP contribution in [-0.4, -0.2) is 53.5 Å². The number of hydrogen-bond acceptors (Lipinski definition) is 5.